The second-order valence-corrected chi connectivity index (χ2v) is 2.48. The van der Waals surface area contributed by atoms with Gasteiger partial charge in [0, 0.05) is 0 Å². The summed E-state index contributed by atoms with van der Waals surface area (Å²) in [5, 5.41) is 10.8. The van der Waals surface area contributed by atoms with Gasteiger partial charge in [-0.05, 0) is 24.5 Å². The van der Waals surface area contributed by atoms with E-state index in [0.717, 1.165) is 18.6 Å². The summed E-state index contributed by atoms with van der Waals surface area (Å²) in [6.07, 6.45) is 2.65. The van der Waals surface area contributed by atoms with Crippen molar-refractivity contribution in [1.29, 1.82) is 10.8 Å². The van der Waals surface area contributed by atoms with Gasteiger partial charge in [-0.1, -0.05) is 31.2 Å². The Bertz CT molecular complexity index is 324. The number of isocyanates is 2. The van der Waals surface area contributed by atoms with E-state index < -0.39 is 0 Å². The highest BCUT2D eigenvalue weighted by atomic mass is 16.1. The van der Waals surface area contributed by atoms with Crippen molar-refractivity contribution in [2.45, 2.75) is 20.3 Å². The molecule has 0 aliphatic heterocycles. The first-order valence-electron chi connectivity index (χ1n) is 4.30. The van der Waals surface area contributed by atoms with Crippen LogP contribution in [0.15, 0.2) is 24.3 Å². The second kappa shape index (κ2) is 12.0. The Balaban J connectivity index is 0. The van der Waals surface area contributed by atoms with E-state index in [1.54, 1.807) is 0 Å². The fourth-order valence-electron chi connectivity index (χ4n) is 1.01. The van der Waals surface area contributed by atoms with Gasteiger partial charge in [-0.25, -0.2) is 20.4 Å². The van der Waals surface area contributed by atoms with Crippen LogP contribution in [0.3, 0.4) is 0 Å². The minimum Gasteiger partial charge on any atom is -0.222 e. The Morgan fingerprint density at radius 3 is 1.80 bits per heavy atom. The average molecular weight is 206 g/mol. The van der Waals surface area contributed by atoms with Crippen LogP contribution < -0.4 is 0 Å². The molecule has 80 valence electrons. The van der Waals surface area contributed by atoms with Crippen LogP contribution in [0.1, 0.15) is 18.1 Å². The number of nitrogens with one attached hydrogen (secondary N) is 2. The Kier molecular flexibility index (Phi) is 12.3. The van der Waals surface area contributed by atoms with Gasteiger partial charge in [0.15, 0.2) is 0 Å². The fraction of sp³-hybridized carbons (Fsp3) is 0.273. The number of aryl methyl sites for hydroxylation is 2. The Hall–Kier alpha value is -2.02. The topological polar surface area (TPSA) is 81.8 Å². The van der Waals surface area contributed by atoms with Gasteiger partial charge in [0.25, 0.3) is 0 Å². The third-order valence-corrected chi connectivity index (χ3v) is 1.64. The predicted octanol–water partition coefficient (Wildman–Crippen LogP) is 2.36. The molecule has 0 aromatic heterocycles. The normalized spacial score (nSPS) is 6.80. The molecular weight excluding hydrogens is 192 g/mol. The number of benzene rings is 1. The molecular formula is C11H14N2O2. The van der Waals surface area contributed by atoms with Gasteiger partial charge in [-0.2, -0.15) is 0 Å². The van der Waals surface area contributed by atoms with Crippen molar-refractivity contribution in [1.82, 2.24) is 0 Å². The summed E-state index contributed by atoms with van der Waals surface area (Å²) in [7, 11) is 0. The van der Waals surface area contributed by atoms with Crippen LogP contribution in [-0.4, -0.2) is 12.2 Å². The van der Waals surface area contributed by atoms with E-state index in [4.69, 9.17) is 20.4 Å². The molecule has 0 aliphatic rings. The van der Waals surface area contributed by atoms with E-state index in [1.807, 2.05) is 0 Å². The molecule has 0 saturated carbocycles. The Morgan fingerprint density at radius 2 is 1.53 bits per heavy atom. The summed E-state index contributed by atoms with van der Waals surface area (Å²) in [5.41, 5.74) is 2.86. The molecule has 4 heteroatoms. The minimum absolute atomic E-state index is 0.750. The summed E-state index contributed by atoms with van der Waals surface area (Å²) in [4.78, 5) is 16.7. The minimum atomic E-state index is 0.750. The molecule has 0 unspecified atom stereocenters. The maximum absolute atomic E-state index is 8.35. The highest BCUT2D eigenvalue weighted by Gasteiger charge is 1.89. The van der Waals surface area contributed by atoms with Crippen molar-refractivity contribution in [2.75, 3.05) is 0 Å². The third-order valence-electron chi connectivity index (χ3n) is 1.64. The van der Waals surface area contributed by atoms with Crippen molar-refractivity contribution >= 4 is 12.2 Å². The van der Waals surface area contributed by atoms with Gasteiger partial charge in [0.05, 0.1) is 0 Å². The van der Waals surface area contributed by atoms with Gasteiger partial charge >= 0.3 is 0 Å². The predicted molar refractivity (Wildman–Crippen MR) is 57.4 cm³/mol. The van der Waals surface area contributed by atoms with Crippen molar-refractivity contribution in [3.05, 3.63) is 35.4 Å². The molecule has 0 saturated heterocycles. The van der Waals surface area contributed by atoms with Gasteiger partial charge in [-0.3, -0.25) is 0 Å². The molecule has 0 aliphatic carbocycles. The number of hydrogen-bond acceptors (Lipinski definition) is 4. The van der Waals surface area contributed by atoms with Crippen LogP contribution in [0.4, 0.5) is 0 Å². The Morgan fingerprint density at radius 1 is 1.13 bits per heavy atom. The molecule has 2 N–H and O–H groups in total. The molecule has 0 atom stereocenters. The monoisotopic (exact) mass is 206 g/mol. The molecule has 0 fully saturated rings. The molecule has 0 bridgehead atoms. The zero-order valence-corrected chi connectivity index (χ0v) is 8.83. The standard InChI is InChI=1S/C9H12.2CHNO/c1-3-9-7-5-4-6-8(9)2;2*2-1-3/h4-7H,3H2,1-2H3;2*2H. The maximum atomic E-state index is 8.35. The van der Waals surface area contributed by atoms with Crippen molar-refractivity contribution in [3.8, 4) is 0 Å². The summed E-state index contributed by atoms with van der Waals surface area (Å²) in [6, 6.07) is 8.49. The number of hydrogen-bond donors (Lipinski definition) is 2. The van der Waals surface area contributed by atoms with Gasteiger partial charge in [-0.15, -0.1) is 0 Å². The summed E-state index contributed by atoms with van der Waals surface area (Å²) in [6.45, 7) is 4.33. The first-order chi connectivity index (χ1) is 7.17. The van der Waals surface area contributed by atoms with Crippen molar-refractivity contribution < 1.29 is 9.59 Å². The first kappa shape index (κ1) is 15.5. The lowest BCUT2D eigenvalue weighted by Gasteiger charge is -1.98. The molecule has 0 radical (unpaired) electrons. The zero-order chi connectivity index (χ0) is 12.1. The van der Waals surface area contributed by atoms with Crippen LogP contribution in [0.2, 0.25) is 0 Å². The van der Waals surface area contributed by atoms with Crippen LogP contribution in [-0.2, 0) is 16.0 Å². The lowest BCUT2D eigenvalue weighted by Crippen LogP contribution is -1.82. The van der Waals surface area contributed by atoms with Gasteiger partial charge in [0.2, 0.25) is 12.2 Å². The van der Waals surface area contributed by atoms with Crippen molar-refractivity contribution in [2.24, 2.45) is 0 Å². The molecule has 15 heavy (non-hydrogen) atoms. The van der Waals surface area contributed by atoms with Crippen molar-refractivity contribution in [3.63, 3.8) is 0 Å². The lowest BCUT2D eigenvalue weighted by atomic mass is 10.1. The molecule has 0 heterocycles. The molecule has 0 amide bonds. The molecule has 1 aromatic rings. The molecule has 4 nitrogen and oxygen atoms in total. The quantitative estimate of drug-likeness (QED) is 0.546. The van der Waals surface area contributed by atoms with E-state index >= 15 is 0 Å². The smallest absolute Gasteiger partial charge is 0.222 e. The summed E-state index contributed by atoms with van der Waals surface area (Å²) >= 11 is 0. The average Bonchev–Trinajstić information content (AvgIpc) is 2.21. The van der Waals surface area contributed by atoms with E-state index in [-0.39, 0.29) is 0 Å². The zero-order valence-electron chi connectivity index (χ0n) is 8.83. The molecule has 1 aromatic carbocycles. The fourth-order valence-corrected chi connectivity index (χ4v) is 1.01. The molecule has 0 spiro atoms. The highest BCUT2D eigenvalue weighted by molar-refractivity contribution is 5.26. The third kappa shape index (κ3) is 9.90. The number of rotatable bonds is 1. The Labute approximate surface area is 89.0 Å². The lowest BCUT2D eigenvalue weighted by molar-refractivity contribution is 0.562. The number of carbonyl (C=O) groups excluding carboxylic acids is 2. The first-order valence-corrected chi connectivity index (χ1v) is 4.30. The highest BCUT2D eigenvalue weighted by Crippen LogP contribution is 2.06. The maximum Gasteiger partial charge on any atom is 0.231 e. The molecule has 1 rings (SSSR count). The van der Waals surface area contributed by atoms with Gasteiger partial charge in [0.1, 0.15) is 0 Å². The summed E-state index contributed by atoms with van der Waals surface area (Å²) in [5.74, 6) is 0. The van der Waals surface area contributed by atoms with Crippen LogP contribution in [0, 0.1) is 17.7 Å². The SMILES string of the molecule is CCc1ccccc1C.N=C=O.N=C=O. The second-order valence-electron chi connectivity index (χ2n) is 2.48. The van der Waals surface area contributed by atoms with E-state index in [1.165, 1.54) is 11.1 Å². The van der Waals surface area contributed by atoms with E-state index in [0.29, 0.717) is 0 Å². The van der Waals surface area contributed by atoms with Crippen LogP contribution in [0.5, 0.6) is 0 Å². The van der Waals surface area contributed by atoms with Crippen LogP contribution >= 0.6 is 0 Å². The van der Waals surface area contributed by atoms with Gasteiger partial charge < -0.3 is 0 Å². The van der Waals surface area contributed by atoms with E-state index in [9.17, 15) is 0 Å². The summed E-state index contributed by atoms with van der Waals surface area (Å²) < 4.78 is 0. The van der Waals surface area contributed by atoms with Crippen LogP contribution in [0.25, 0.3) is 0 Å². The van der Waals surface area contributed by atoms with E-state index in [2.05, 4.69) is 38.1 Å². The largest absolute Gasteiger partial charge is 0.231 e.